The number of hydrogen-bond acceptors (Lipinski definition) is 2. The molecule has 1 N–H and O–H groups in total. The van der Waals surface area contributed by atoms with E-state index >= 15 is 0 Å². The van der Waals surface area contributed by atoms with Crippen LogP contribution < -0.4 is 0 Å². The van der Waals surface area contributed by atoms with Gasteiger partial charge < -0.3 is 10.0 Å². The zero-order chi connectivity index (χ0) is 18.0. The van der Waals surface area contributed by atoms with Crippen molar-refractivity contribution in [3.8, 4) is 0 Å². The van der Waals surface area contributed by atoms with Gasteiger partial charge in [-0.15, -0.1) is 0 Å². The van der Waals surface area contributed by atoms with Crippen molar-refractivity contribution in [3.05, 3.63) is 70.7 Å². The molecular weight excluding hydrogens is 342 g/mol. The SMILES string of the molecule is O[C@@](CCN1CC[C@@H]2CC[C@@H](C2)C1)(c1ccccc1)c1ccc(Cl)cc1. The van der Waals surface area contributed by atoms with E-state index < -0.39 is 5.60 Å². The molecule has 3 atom stereocenters. The van der Waals surface area contributed by atoms with Crippen LogP contribution in [0.2, 0.25) is 5.02 Å². The van der Waals surface area contributed by atoms with Crippen molar-refractivity contribution >= 4 is 11.6 Å². The summed E-state index contributed by atoms with van der Waals surface area (Å²) in [5.74, 6) is 1.80. The van der Waals surface area contributed by atoms with Gasteiger partial charge in [0.15, 0.2) is 0 Å². The van der Waals surface area contributed by atoms with Gasteiger partial charge in [0.2, 0.25) is 0 Å². The first kappa shape index (κ1) is 18.0. The van der Waals surface area contributed by atoms with Crippen molar-refractivity contribution in [1.29, 1.82) is 0 Å². The third-order valence-electron chi connectivity index (χ3n) is 6.38. The number of fused-ring (bicyclic) bond motifs is 2. The van der Waals surface area contributed by atoms with E-state index in [1.54, 1.807) is 0 Å². The lowest BCUT2D eigenvalue weighted by Crippen LogP contribution is -2.36. The van der Waals surface area contributed by atoms with E-state index in [9.17, 15) is 5.11 Å². The smallest absolute Gasteiger partial charge is 0.116 e. The van der Waals surface area contributed by atoms with Crippen molar-refractivity contribution in [1.82, 2.24) is 4.90 Å². The van der Waals surface area contributed by atoms with Crippen LogP contribution >= 0.6 is 11.6 Å². The molecule has 2 fully saturated rings. The van der Waals surface area contributed by atoms with Crippen LogP contribution in [0.25, 0.3) is 0 Å². The van der Waals surface area contributed by atoms with Gasteiger partial charge in [-0.2, -0.15) is 0 Å². The maximum atomic E-state index is 11.7. The van der Waals surface area contributed by atoms with E-state index in [4.69, 9.17) is 11.6 Å². The van der Waals surface area contributed by atoms with E-state index in [0.717, 1.165) is 29.5 Å². The van der Waals surface area contributed by atoms with E-state index in [0.29, 0.717) is 11.4 Å². The second-order valence-electron chi connectivity index (χ2n) is 8.12. The summed E-state index contributed by atoms with van der Waals surface area (Å²) >= 11 is 6.07. The van der Waals surface area contributed by atoms with E-state index in [-0.39, 0.29) is 0 Å². The molecule has 1 heterocycles. The summed E-state index contributed by atoms with van der Waals surface area (Å²) in [6.07, 6.45) is 6.26. The fourth-order valence-electron chi connectivity index (χ4n) is 4.85. The molecule has 2 nitrogen and oxygen atoms in total. The predicted molar refractivity (Wildman–Crippen MR) is 107 cm³/mol. The molecule has 2 aromatic carbocycles. The van der Waals surface area contributed by atoms with Crippen molar-refractivity contribution in [3.63, 3.8) is 0 Å². The number of nitrogens with zero attached hydrogens (tertiary/aromatic N) is 1. The third kappa shape index (κ3) is 3.83. The van der Waals surface area contributed by atoms with Crippen molar-refractivity contribution in [2.45, 2.75) is 37.7 Å². The van der Waals surface area contributed by atoms with Gasteiger partial charge in [0.25, 0.3) is 0 Å². The molecule has 26 heavy (non-hydrogen) atoms. The van der Waals surface area contributed by atoms with Gasteiger partial charge >= 0.3 is 0 Å². The Bertz CT molecular complexity index is 717. The molecule has 1 aliphatic carbocycles. The van der Waals surface area contributed by atoms with Gasteiger partial charge in [-0.3, -0.25) is 0 Å². The second-order valence-corrected chi connectivity index (χ2v) is 8.55. The Kier molecular flexibility index (Phi) is 5.35. The number of hydrogen-bond donors (Lipinski definition) is 1. The first-order valence-corrected chi connectivity index (χ1v) is 10.3. The highest BCUT2D eigenvalue weighted by Crippen LogP contribution is 2.38. The average Bonchev–Trinajstić information content (AvgIpc) is 3.01. The van der Waals surface area contributed by atoms with Gasteiger partial charge in [-0.1, -0.05) is 60.5 Å². The number of likely N-dealkylation sites (tertiary alicyclic amines) is 1. The van der Waals surface area contributed by atoms with Gasteiger partial charge in [-0.25, -0.2) is 0 Å². The van der Waals surface area contributed by atoms with Gasteiger partial charge in [0.1, 0.15) is 5.60 Å². The number of benzene rings is 2. The van der Waals surface area contributed by atoms with Crippen LogP contribution in [0.15, 0.2) is 54.6 Å². The minimum Gasteiger partial charge on any atom is -0.380 e. The standard InChI is InChI=1S/C23H28ClNO/c24-22-10-8-21(9-11-22)23(26,20-4-2-1-3-5-20)13-15-25-14-12-18-6-7-19(16-18)17-25/h1-5,8-11,18-19,26H,6-7,12-17H2/t18-,19-,23-/m0/s1. The lowest BCUT2D eigenvalue weighted by molar-refractivity contribution is 0.0554. The number of aliphatic hydroxyl groups is 1. The van der Waals surface area contributed by atoms with E-state index in [1.165, 1.54) is 38.8 Å². The second kappa shape index (κ2) is 7.72. The molecule has 0 spiro atoms. The summed E-state index contributed by atoms with van der Waals surface area (Å²) in [7, 11) is 0. The summed E-state index contributed by atoms with van der Waals surface area (Å²) in [6, 6.07) is 17.7. The quantitative estimate of drug-likeness (QED) is 0.793. The summed E-state index contributed by atoms with van der Waals surface area (Å²) in [6.45, 7) is 3.30. The van der Waals surface area contributed by atoms with Crippen LogP contribution in [-0.4, -0.2) is 29.6 Å². The summed E-state index contributed by atoms with van der Waals surface area (Å²) < 4.78 is 0. The largest absolute Gasteiger partial charge is 0.380 e. The van der Waals surface area contributed by atoms with Crippen LogP contribution in [-0.2, 0) is 5.60 Å². The van der Waals surface area contributed by atoms with Crippen LogP contribution in [0.3, 0.4) is 0 Å². The zero-order valence-corrected chi connectivity index (χ0v) is 16.0. The van der Waals surface area contributed by atoms with Crippen LogP contribution in [0, 0.1) is 11.8 Å². The normalized spacial score (nSPS) is 25.6. The first-order chi connectivity index (χ1) is 12.6. The molecule has 3 heteroatoms. The molecule has 138 valence electrons. The van der Waals surface area contributed by atoms with Crippen LogP contribution in [0.4, 0.5) is 0 Å². The fourth-order valence-corrected chi connectivity index (χ4v) is 4.97. The summed E-state index contributed by atoms with van der Waals surface area (Å²) in [4.78, 5) is 2.58. The summed E-state index contributed by atoms with van der Waals surface area (Å²) in [5, 5.41) is 12.4. The lowest BCUT2D eigenvalue weighted by Gasteiger charge is -2.33. The van der Waals surface area contributed by atoms with Gasteiger partial charge in [-0.05, 0) is 67.3 Å². The Morgan fingerprint density at radius 2 is 1.62 bits per heavy atom. The molecule has 2 aliphatic rings. The molecule has 0 amide bonds. The van der Waals surface area contributed by atoms with E-state index in [2.05, 4.69) is 4.90 Å². The van der Waals surface area contributed by atoms with Gasteiger partial charge in [0.05, 0.1) is 0 Å². The Morgan fingerprint density at radius 3 is 2.38 bits per heavy atom. The highest BCUT2D eigenvalue weighted by atomic mass is 35.5. The molecule has 0 unspecified atom stereocenters. The topological polar surface area (TPSA) is 23.5 Å². The lowest BCUT2D eigenvalue weighted by atomic mass is 9.83. The monoisotopic (exact) mass is 369 g/mol. The molecule has 2 bridgehead atoms. The van der Waals surface area contributed by atoms with Gasteiger partial charge in [0, 0.05) is 18.1 Å². The maximum absolute atomic E-state index is 11.7. The molecule has 2 aromatic rings. The van der Waals surface area contributed by atoms with Crippen molar-refractivity contribution in [2.24, 2.45) is 11.8 Å². The van der Waals surface area contributed by atoms with Crippen molar-refractivity contribution in [2.75, 3.05) is 19.6 Å². The van der Waals surface area contributed by atoms with Crippen LogP contribution in [0.1, 0.15) is 43.2 Å². The molecule has 1 saturated heterocycles. The Labute approximate surface area is 161 Å². The first-order valence-electron chi connectivity index (χ1n) is 9.90. The van der Waals surface area contributed by atoms with Crippen LogP contribution in [0.5, 0.6) is 0 Å². The Balaban J connectivity index is 1.54. The Morgan fingerprint density at radius 1 is 0.923 bits per heavy atom. The van der Waals surface area contributed by atoms with E-state index in [1.807, 2.05) is 54.6 Å². The fraction of sp³-hybridized carbons (Fsp3) is 0.478. The third-order valence-corrected chi connectivity index (χ3v) is 6.63. The summed E-state index contributed by atoms with van der Waals surface area (Å²) in [5.41, 5.74) is 0.903. The molecular formula is C23H28ClNO. The number of rotatable bonds is 5. The highest BCUT2D eigenvalue weighted by molar-refractivity contribution is 6.30. The molecule has 1 aliphatic heterocycles. The molecule has 4 rings (SSSR count). The minimum atomic E-state index is -0.975. The molecule has 0 aromatic heterocycles. The molecule has 0 radical (unpaired) electrons. The van der Waals surface area contributed by atoms with Crippen molar-refractivity contribution < 1.29 is 5.11 Å². The average molecular weight is 370 g/mol. The minimum absolute atomic E-state index is 0.702. The zero-order valence-electron chi connectivity index (χ0n) is 15.3. The molecule has 1 saturated carbocycles. The Hall–Kier alpha value is -1.35. The predicted octanol–water partition coefficient (Wildman–Crippen LogP) is 5.09. The highest BCUT2D eigenvalue weighted by Gasteiger charge is 2.34. The maximum Gasteiger partial charge on any atom is 0.116 e. The number of halogens is 1.